The van der Waals surface area contributed by atoms with Crippen LogP contribution in [0, 0.1) is 0 Å². The molecule has 1 N–H and O–H groups in total. The molecule has 1 aromatic heterocycles. The largest absolute Gasteiger partial charge is 0.493 e. The van der Waals surface area contributed by atoms with Gasteiger partial charge in [0.2, 0.25) is 11.7 Å². The number of fused-ring (bicyclic) bond motifs is 1. The number of nitrogens with one attached hydrogen (secondary N) is 1. The summed E-state index contributed by atoms with van der Waals surface area (Å²) in [6, 6.07) is 11.6. The first-order valence-electron chi connectivity index (χ1n) is 12.2. The zero-order chi connectivity index (χ0) is 25.6. The second-order valence-electron chi connectivity index (χ2n) is 10.2. The molecule has 5 rings (SSSR count). The number of Topliss-reactive ketones (excluding diaryl/α,β-unsaturated/α-hetero) is 1. The maximum Gasteiger partial charge on any atom is 0.226 e. The van der Waals surface area contributed by atoms with Gasteiger partial charge in [-0.2, -0.15) is 4.98 Å². The van der Waals surface area contributed by atoms with Crippen molar-refractivity contribution in [3.05, 3.63) is 58.8 Å². The summed E-state index contributed by atoms with van der Waals surface area (Å²) in [6.07, 6.45) is 2.10. The Morgan fingerprint density at radius 1 is 0.972 bits per heavy atom. The molecule has 0 fully saturated rings. The zero-order valence-electron chi connectivity index (χ0n) is 21.6. The molecule has 0 saturated carbocycles. The number of benzene rings is 2. The van der Waals surface area contributed by atoms with E-state index in [0.29, 0.717) is 41.0 Å². The molecule has 0 amide bonds. The summed E-state index contributed by atoms with van der Waals surface area (Å²) in [7, 11) is 4.74. The molecule has 2 aliphatic rings. The van der Waals surface area contributed by atoms with Crippen LogP contribution in [0.3, 0.4) is 0 Å². The van der Waals surface area contributed by atoms with E-state index in [1.807, 2.05) is 12.1 Å². The van der Waals surface area contributed by atoms with Gasteiger partial charge >= 0.3 is 0 Å². The van der Waals surface area contributed by atoms with Crippen LogP contribution < -0.4 is 19.5 Å². The zero-order valence-corrected chi connectivity index (χ0v) is 21.6. The third-order valence-corrected chi connectivity index (χ3v) is 6.88. The monoisotopic (exact) mass is 488 g/mol. The maximum absolute atomic E-state index is 13.2. The molecule has 8 nitrogen and oxygen atoms in total. The highest BCUT2D eigenvalue weighted by atomic mass is 16.5. The fourth-order valence-corrected chi connectivity index (χ4v) is 4.97. The highest BCUT2D eigenvalue weighted by molar-refractivity contribution is 5.99. The smallest absolute Gasteiger partial charge is 0.226 e. The van der Waals surface area contributed by atoms with Crippen LogP contribution in [0.1, 0.15) is 57.2 Å². The topological polar surface area (TPSA) is 87.5 Å². The van der Waals surface area contributed by atoms with Crippen LogP contribution in [-0.4, -0.2) is 41.9 Å². The number of aromatic nitrogens is 3. The van der Waals surface area contributed by atoms with Crippen molar-refractivity contribution in [3.8, 4) is 28.6 Å². The summed E-state index contributed by atoms with van der Waals surface area (Å²) < 4.78 is 18.5. The van der Waals surface area contributed by atoms with E-state index in [-0.39, 0.29) is 11.2 Å². The molecule has 2 aromatic carbocycles. The third kappa shape index (κ3) is 4.00. The summed E-state index contributed by atoms with van der Waals surface area (Å²) in [6.45, 7) is 6.57. The van der Waals surface area contributed by atoms with Crippen LogP contribution in [0.15, 0.2) is 47.7 Å². The molecule has 1 unspecified atom stereocenters. The molecule has 0 spiro atoms. The molecule has 0 bridgehead atoms. The van der Waals surface area contributed by atoms with E-state index in [1.165, 1.54) is 5.56 Å². The Balaban J connectivity index is 1.66. The summed E-state index contributed by atoms with van der Waals surface area (Å²) >= 11 is 0. The highest BCUT2D eigenvalue weighted by Crippen LogP contribution is 2.45. The number of anilines is 1. The van der Waals surface area contributed by atoms with Gasteiger partial charge in [-0.15, -0.1) is 5.10 Å². The van der Waals surface area contributed by atoms with Crippen LogP contribution in [0.2, 0.25) is 0 Å². The van der Waals surface area contributed by atoms with Crippen LogP contribution in [-0.2, 0) is 10.2 Å². The van der Waals surface area contributed by atoms with E-state index >= 15 is 0 Å². The molecule has 36 heavy (non-hydrogen) atoms. The molecular formula is C28H32N4O4. The molecule has 0 radical (unpaired) electrons. The van der Waals surface area contributed by atoms with Gasteiger partial charge in [0.25, 0.3) is 0 Å². The van der Waals surface area contributed by atoms with E-state index < -0.39 is 6.04 Å². The van der Waals surface area contributed by atoms with Crippen molar-refractivity contribution >= 4 is 11.7 Å². The first-order valence-corrected chi connectivity index (χ1v) is 12.2. The number of carbonyl (C=O) groups is 1. The van der Waals surface area contributed by atoms with Crippen LogP contribution >= 0.6 is 0 Å². The average Bonchev–Trinajstić information content (AvgIpc) is 3.30. The minimum absolute atomic E-state index is 0.0574. The maximum atomic E-state index is 13.2. The van der Waals surface area contributed by atoms with Crippen LogP contribution in [0.5, 0.6) is 17.2 Å². The Hall–Kier alpha value is -3.81. The van der Waals surface area contributed by atoms with Crippen molar-refractivity contribution in [1.82, 2.24) is 14.8 Å². The van der Waals surface area contributed by atoms with Gasteiger partial charge in [-0.05, 0) is 41.5 Å². The lowest BCUT2D eigenvalue weighted by Gasteiger charge is -2.32. The van der Waals surface area contributed by atoms with Crippen LogP contribution in [0.25, 0.3) is 11.4 Å². The molecular weight excluding hydrogens is 456 g/mol. The summed E-state index contributed by atoms with van der Waals surface area (Å²) in [5.41, 5.74) is 4.64. The molecule has 2 heterocycles. The predicted molar refractivity (Wildman–Crippen MR) is 138 cm³/mol. The number of allylic oxidation sites excluding steroid dienone is 2. The fourth-order valence-electron chi connectivity index (χ4n) is 4.97. The van der Waals surface area contributed by atoms with Crippen molar-refractivity contribution in [2.75, 3.05) is 26.6 Å². The lowest BCUT2D eigenvalue weighted by atomic mass is 9.85. The number of hydrogen-bond donors (Lipinski definition) is 1. The van der Waals surface area contributed by atoms with Gasteiger partial charge in [0.15, 0.2) is 23.1 Å². The SMILES string of the molecule is COc1cc(C2C3=C(CCCC3=O)Nc3nc(-c4ccc(C(C)(C)C)cc4)nn32)cc(OC)c1OC. The lowest BCUT2D eigenvalue weighted by molar-refractivity contribution is -0.116. The van der Waals surface area contributed by atoms with Crippen molar-refractivity contribution in [1.29, 1.82) is 0 Å². The van der Waals surface area contributed by atoms with Crippen LogP contribution in [0.4, 0.5) is 5.95 Å². The predicted octanol–water partition coefficient (Wildman–Crippen LogP) is 5.29. The molecule has 0 saturated heterocycles. The number of methoxy groups -OCH3 is 3. The first-order chi connectivity index (χ1) is 17.2. The minimum atomic E-state index is -0.465. The van der Waals surface area contributed by atoms with Gasteiger partial charge in [-0.1, -0.05) is 45.0 Å². The number of nitrogens with zero attached hydrogens (tertiary/aromatic N) is 3. The van der Waals surface area contributed by atoms with Gasteiger partial charge in [-0.3, -0.25) is 4.79 Å². The second-order valence-corrected chi connectivity index (χ2v) is 10.2. The van der Waals surface area contributed by atoms with Gasteiger partial charge in [0.05, 0.1) is 21.3 Å². The van der Waals surface area contributed by atoms with E-state index in [1.54, 1.807) is 26.0 Å². The number of hydrogen-bond acceptors (Lipinski definition) is 7. The Bertz CT molecular complexity index is 1320. The van der Waals surface area contributed by atoms with E-state index in [2.05, 4.69) is 50.4 Å². The number of carbonyl (C=O) groups excluding carboxylic acids is 1. The first kappa shape index (κ1) is 23.9. The van der Waals surface area contributed by atoms with Gasteiger partial charge in [0.1, 0.15) is 6.04 Å². The summed E-state index contributed by atoms with van der Waals surface area (Å²) in [4.78, 5) is 18.0. The standard InChI is InChI=1S/C28H32N4O4/c1-28(2,3)18-12-10-16(11-13-18)26-30-27-29-19-8-7-9-20(33)23(19)24(32(27)31-26)17-14-21(34-4)25(36-6)22(15-17)35-5/h10-15,24H,7-9H2,1-6H3,(H,29,30,31). The number of rotatable bonds is 5. The molecule has 3 aromatic rings. The van der Waals surface area contributed by atoms with Gasteiger partial charge in [0, 0.05) is 23.3 Å². The molecule has 1 atom stereocenters. The summed E-state index contributed by atoms with van der Waals surface area (Å²) in [5.74, 6) is 2.87. The number of ether oxygens (including phenoxy) is 3. The normalized spacial score (nSPS) is 17.3. The minimum Gasteiger partial charge on any atom is -0.493 e. The van der Waals surface area contributed by atoms with Crippen molar-refractivity contribution in [3.63, 3.8) is 0 Å². The second kappa shape index (κ2) is 9.00. The third-order valence-electron chi connectivity index (χ3n) is 6.88. The van der Waals surface area contributed by atoms with E-state index in [4.69, 9.17) is 24.3 Å². The average molecular weight is 489 g/mol. The van der Waals surface area contributed by atoms with Gasteiger partial charge < -0.3 is 19.5 Å². The van der Waals surface area contributed by atoms with E-state index in [9.17, 15) is 4.79 Å². The molecule has 188 valence electrons. The van der Waals surface area contributed by atoms with Crippen molar-refractivity contribution in [2.45, 2.75) is 51.5 Å². The van der Waals surface area contributed by atoms with Crippen molar-refractivity contribution in [2.24, 2.45) is 0 Å². The Kier molecular flexibility index (Phi) is 5.98. The Labute approximate surface area is 211 Å². The van der Waals surface area contributed by atoms with Gasteiger partial charge in [-0.25, -0.2) is 4.68 Å². The van der Waals surface area contributed by atoms with E-state index in [0.717, 1.165) is 29.7 Å². The Morgan fingerprint density at radius 3 is 2.22 bits per heavy atom. The number of ketones is 1. The molecule has 1 aliphatic heterocycles. The highest BCUT2D eigenvalue weighted by Gasteiger charge is 2.38. The van der Waals surface area contributed by atoms with Crippen molar-refractivity contribution < 1.29 is 19.0 Å². The summed E-state index contributed by atoms with van der Waals surface area (Å²) in [5, 5.41) is 8.29. The Morgan fingerprint density at radius 2 is 1.64 bits per heavy atom. The lowest BCUT2D eigenvalue weighted by Crippen LogP contribution is -2.31. The quantitative estimate of drug-likeness (QED) is 0.522. The molecule has 8 heteroatoms. The molecule has 1 aliphatic carbocycles. The fraction of sp³-hybridized carbons (Fsp3) is 0.393.